The first-order valence-corrected chi connectivity index (χ1v) is 9.06. The topological polar surface area (TPSA) is 41.1 Å². The summed E-state index contributed by atoms with van der Waals surface area (Å²) in [5, 5.41) is 4.56. The molecule has 0 aliphatic rings. The maximum absolute atomic E-state index is 4.51. The van der Waals surface area contributed by atoms with E-state index in [9.17, 15) is 0 Å². The van der Waals surface area contributed by atoms with E-state index in [2.05, 4.69) is 54.8 Å². The van der Waals surface area contributed by atoms with Crippen LogP contribution in [0, 0.1) is 0 Å². The molecule has 120 valence electrons. The Morgan fingerprint density at radius 3 is 2.48 bits per heavy atom. The van der Waals surface area contributed by atoms with E-state index >= 15 is 0 Å². The fraction of sp³-hybridized carbons (Fsp3) is 0.750. The Morgan fingerprint density at radius 1 is 1.19 bits per heavy atom. The van der Waals surface area contributed by atoms with Gasteiger partial charge in [-0.3, -0.25) is 0 Å². The fourth-order valence-corrected chi connectivity index (χ4v) is 3.36. The lowest BCUT2D eigenvalue weighted by atomic mass is 10.1. The lowest BCUT2D eigenvalue weighted by Crippen LogP contribution is -2.25. The highest BCUT2D eigenvalue weighted by molar-refractivity contribution is 7.99. The lowest BCUT2D eigenvalue weighted by Gasteiger charge is -2.19. The average Bonchev–Trinajstić information content (AvgIpc) is 2.49. The van der Waals surface area contributed by atoms with Crippen molar-refractivity contribution in [3.05, 3.63) is 11.9 Å². The summed E-state index contributed by atoms with van der Waals surface area (Å²) in [6.45, 7) is 15.3. The van der Waals surface area contributed by atoms with E-state index in [4.69, 9.17) is 0 Å². The summed E-state index contributed by atoms with van der Waals surface area (Å²) < 4.78 is 0. The maximum Gasteiger partial charge on any atom is 0.133 e. The molecule has 21 heavy (non-hydrogen) atoms. The number of hydrogen-bond acceptors (Lipinski definition) is 5. The molecule has 1 N–H and O–H groups in total. The summed E-state index contributed by atoms with van der Waals surface area (Å²) in [5.41, 5.74) is 1.26. The van der Waals surface area contributed by atoms with Crippen molar-refractivity contribution in [2.24, 2.45) is 0 Å². The van der Waals surface area contributed by atoms with E-state index in [1.807, 2.05) is 11.8 Å². The van der Waals surface area contributed by atoms with E-state index in [1.54, 1.807) is 6.33 Å². The molecule has 4 nitrogen and oxygen atoms in total. The molecule has 1 aromatic rings. The van der Waals surface area contributed by atoms with Crippen LogP contribution in [0.2, 0.25) is 0 Å². The molecule has 0 unspecified atom stereocenters. The van der Waals surface area contributed by atoms with Crippen molar-refractivity contribution in [3.8, 4) is 0 Å². The Morgan fingerprint density at radius 2 is 1.90 bits per heavy atom. The summed E-state index contributed by atoms with van der Waals surface area (Å²) in [7, 11) is 0. The summed E-state index contributed by atoms with van der Waals surface area (Å²) >= 11 is 1.85. The van der Waals surface area contributed by atoms with Crippen LogP contribution in [0.3, 0.4) is 0 Å². The van der Waals surface area contributed by atoms with Gasteiger partial charge in [-0.2, -0.15) is 0 Å². The quantitative estimate of drug-likeness (QED) is 0.525. The third kappa shape index (κ3) is 5.83. The largest absolute Gasteiger partial charge is 0.370 e. The van der Waals surface area contributed by atoms with Gasteiger partial charge in [-0.05, 0) is 25.4 Å². The molecule has 1 aromatic heterocycles. The zero-order chi connectivity index (χ0) is 15.7. The lowest BCUT2D eigenvalue weighted by molar-refractivity contribution is 0.324. The Hall–Kier alpha value is -0.810. The van der Waals surface area contributed by atoms with Gasteiger partial charge in [-0.25, -0.2) is 9.97 Å². The van der Waals surface area contributed by atoms with Crippen LogP contribution in [0.15, 0.2) is 11.4 Å². The summed E-state index contributed by atoms with van der Waals surface area (Å²) in [5.74, 6) is 2.51. The van der Waals surface area contributed by atoms with Crippen molar-refractivity contribution in [1.29, 1.82) is 0 Å². The van der Waals surface area contributed by atoms with Crippen LogP contribution in [-0.2, 0) is 0 Å². The zero-order valence-corrected chi connectivity index (χ0v) is 15.0. The maximum atomic E-state index is 4.51. The van der Waals surface area contributed by atoms with Gasteiger partial charge in [-0.15, -0.1) is 11.8 Å². The number of nitrogens with one attached hydrogen (secondary N) is 1. The average molecular weight is 311 g/mol. The Bertz CT molecular complexity index is 405. The molecule has 0 spiro atoms. The molecule has 0 aliphatic carbocycles. The minimum Gasteiger partial charge on any atom is -0.370 e. The second kappa shape index (κ2) is 10.0. The number of thioether (sulfide) groups is 1. The molecular weight excluding hydrogens is 280 g/mol. The number of anilines is 1. The first-order chi connectivity index (χ1) is 10.1. The molecule has 0 amide bonds. The smallest absolute Gasteiger partial charge is 0.133 e. The van der Waals surface area contributed by atoms with Gasteiger partial charge in [0.25, 0.3) is 0 Å². The molecule has 0 aliphatic heterocycles. The van der Waals surface area contributed by atoms with Crippen molar-refractivity contribution in [2.75, 3.05) is 37.2 Å². The molecular formula is C16H30N4S. The third-order valence-corrected chi connectivity index (χ3v) is 4.49. The van der Waals surface area contributed by atoms with Crippen LogP contribution in [0.1, 0.15) is 52.5 Å². The van der Waals surface area contributed by atoms with Gasteiger partial charge >= 0.3 is 0 Å². The van der Waals surface area contributed by atoms with Gasteiger partial charge in [-0.1, -0.05) is 34.6 Å². The minimum absolute atomic E-state index is 0.432. The predicted molar refractivity (Wildman–Crippen MR) is 93.4 cm³/mol. The van der Waals surface area contributed by atoms with Crippen molar-refractivity contribution in [3.63, 3.8) is 0 Å². The fourth-order valence-electron chi connectivity index (χ4n) is 2.21. The zero-order valence-electron chi connectivity index (χ0n) is 14.1. The van der Waals surface area contributed by atoms with Crippen LogP contribution in [0.25, 0.3) is 0 Å². The highest BCUT2D eigenvalue weighted by atomic mass is 32.2. The number of rotatable bonds is 10. The predicted octanol–water partition coefficient (Wildman–Crippen LogP) is 3.86. The Balaban J connectivity index is 2.76. The van der Waals surface area contributed by atoms with Gasteiger partial charge in [0.1, 0.15) is 17.2 Å². The van der Waals surface area contributed by atoms with Crippen LogP contribution in [-0.4, -0.2) is 46.8 Å². The highest BCUT2D eigenvalue weighted by Crippen LogP contribution is 2.31. The molecule has 0 atom stereocenters. The van der Waals surface area contributed by atoms with Crippen LogP contribution < -0.4 is 5.32 Å². The van der Waals surface area contributed by atoms with E-state index in [-0.39, 0.29) is 0 Å². The minimum atomic E-state index is 0.432. The van der Waals surface area contributed by atoms with Gasteiger partial charge in [0.15, 0.2) is 0 Å². The first kappa shape index (κ1) is 18.2. The summed E-state index contributed by atoms with van der Waals surface area (Å²) in [6.07, 6.45) is 2.79. The number of hydrogen-bond donors (Lipinski definition) is 1. The van der Waals surface area contributed by atoms with Crippen LogP contribution >= 0.6 is 11.8 Å². The van der Waals surface area contributed by atoms with Crippen molar-refractivity contribution in [1.82, 2.24) is 14.9 Å². The van der Waals surface area contributed by atoms with Crippen molar-refractivity contribution in [2.45, 2.75) is 52.0 Å². The van der Waals surface area contributed by atoms with E-state index in [0.717, 1.165) is 49.2 Å². The van der Waals surface area contributed by atoms with Crippen LogP contribution in [0.4, 0.5) is 5.82 Å². The molecule has 1 heterocycles. The first-order valence-electron chi connectivity index (χ1n) is 8.07. The normalized spacial score (nSPS) is 11.4. The molecule has 0 saturated carbocycles. The molecule has 0 aromatic carbocycles. The SMILES string of the molecule is CCCNc1ncnc(SCCN(CC)CC)c1C(C)C. The van der Waals surface area contributed by atoms with E-state index < -0.39 is 0 Å². The van der Waals surface area contributed by atoms with Gasteiger partial charge < -0.3 is 10.2 Å². The molecule has 0 saturated heterocycles. The molecule has 0 bridgehead atoms. The second-order valence-corrected chi connectivity index (χ2v) is 6.48. The van der Waals surface area contributed by atoms with E-state index in [1.165, 1.54) is 5.56 Å². The molecule has 5 heteroatoms. The molecule has 0 radical (unpaired) electrons. The number of aromatic nitrogens is 2. The summed E-state index contributed by atoms with van der Waals surface area (Å²) in [6, 6.07) is 0. The molecule has 1 rings (SSSR count). The van der Waals surface area contributed by atoms with Gasteiger partial charge in [0.2, 0.25) is 0 Å². The van der Waals surface area contributed by atoms with Crippen molar-refractivity contribution >= 4 is 17.6 Å². The van der Waals surface area contributed by atoms with Gasteiger partial charge in [0, 0.05) is 24.4 Å². The standard InChI is InChI=1S/C16H30N4S/c1-6-9-17-15-14(13(4)5)16(19-12-18-15)21-11-10-20(7-2)8-3/h12-13H,6-11H2,1-5H3,(H,17,18,19). The number of nitrogens with zero attached hydrogens (tertiary/aromatic N) is 3. The Labute approximate surface area is 134 Å². The van der Waals surface area contributed by atoms with E-state index in [0.29, 0.717) is 5.92 Å². The van der Waals surface area contributed by atoms with Gasteiger partial charge in [0.05, 0.1) is 0 Å². The van der Waals surface area contributed by atoms with Crippen LogP contribution in [0.5, 0.6) is 0 Å². The Kier molecular flexibility index (Phi) is 8.69. The second-order valence-electron chi connectivity index (χ2n) is 5.40. The molecule has 0 fully saturated rings. The third-order valence-electron chi connectivity index (χ3n) is 3.51. The monoisotopic (exact) mass is 310 g/mol. The highest BCUT2D eigenvalue weighted by Gasteiger charge is 2.15. The van der Waals surface area contributed by atoms with Crippen molar-refractivity contribution < 1.29 is 0 Å². The summed E-state index contributed by atoms with van der Waals surface area (Å²) in [4.78, 5) is 11.4.